The first-order chi connectivity index (χ1) is 12.1. The summed E-state index contributed by atoms with van der Waals surface area (Å²) in [4.78, 5) is 4.96. The van der Waals surface area contributed by atoms with Crippen LogP contribution in [0.1, 0.15) is 23.1 Å². The molecule has 0 spiro atoms. The zero-order chi connectivity index (χ0) is 17.1. The molecule has 0 aliphatic carbocycles. The number of para-hydroxylation sites is 1. The van der Waals surface area contributed by atoms with Crippen LogP contribution < -0.4 is 5.32 Å². The number of halogens is 1. The van der Waals surface area contributed by atoms with Gasteiger partial charge >= 0.3 is 0 Å². The summed E-state index contributed by atoms with van der Waals surface area (Å²) in [5, 5.41) is 3.62. The fourth-order valence-corrected chi connectivity index (χ4v) is 3.93. The van der Waals surface area contributed by atoms with E-state index in [1.54, 1.807) is 0 Å². The van der Waals surface area contributed by atoms with E-state index in [4.69, 9.17) is 9.40 Å². The zero-order valence-corrected chi connectivity index (χ0v) is 16.0. The quantitative estimate of drug-likeness (QED) is 0.398. The molecule has 124 valence electrons. The molecule has 1 N–H and O–H groups in total. The van der Waals surface area contributed by atoms with E-state index in [0.29, 0.717) is 0 Å². The number of imidazole rings is 1. The highest BCUT2D eigenvalue weighted by molar-refractivity contribution is 14.1. The van der Waals surface area contributed by atoms with E-state index in [-0.39, 0.29) is 6.17 Å². The van der Waals surface area contributed by atoms with Crippen LogP contribution in [0.3, 0.4) is 0 Å². The van der Waals surface area contributed by atoms with Crippen molar-refractivity contribution in [1.82, 2.24) is 9.55 Å². The van der Waals surface area contributed by atoms with E-state index in [0.717, 1.165) is 37.6 Å². The Morgan fingerprint density at radius 3 is 2.68 bits per heavy atom. The highest BCUT2D eigenvalue weighted by Crippen LogP contribution is 2.41. The second kappa shape index (κ2) is 5.36. The summed E-state index contributed by atoms with van der Waals surface area (Å²) in [5.74, 6) is 1.86. The minimum Gasteiger partial charge on any atom is -0.451 e. The lowest BCUT2D eigenvalue weighted by molar-refractivity contribution is 0.438. The number of hydrogen-bond donors (Lipinski definition) is 1. The zero-order valence-electron chi connectivity index (χ0n) is 13.9. The lowest BCUT2D eigenvalue weighted by Crippen LogP contribution is -2.24. The Labute approximate surface area is 159 Å². The number of nitrogens with one attached hydrogen (secondary N) is 1. The van der Waals surface area contributed by atoms with Crippen molar-refractivity contribution in [3.05, 3.63) is 69.2 Å². The fraction of sp³-hybridized carbons (Fsp3) is 0.150. The van der Waals surface area contributed by atoms with Gasteiger partial charge in [-0.3, -0.25) is 4.57 Å². The molecule has 0 fully saturated rings. The van der Waals surface area contributed by atoms with E-state index in [9.17, 15) is 0 Å². The van der Waals surface area contributed by atoms with Gasteiger partial charge in [-0.1, -0.05) is 12.1 Å². The Morgan fingerprint density at radius 1 is 1.08 bits per heavy atom. The van der Waals surface area contributed by atoms with Gasteiger partial charge in [-0.2, -0.15) is 0 Å². The normalized spacial score (nSPS) is 15.7. The predicted molar refractivity (Wildman–Crippen MR) is 108 cm³/mol. The molecule has 1 aliphatic heterocycles. The van der Waals surface area contributed by atoms with Gasteiger partial charge in [0, 0.05) is 11.3 Å². The third-order valence-electron chi connectivity index (χ3n) is 4.89. The maximum Gasteiger partial charge on any atom is 0.165 e. The van der Waals surface area contributed by atoms with Gasteiger partial charge in [-0.05, 0) is 84.0 Å². The van der Waals surface area contributed by atoms with Gasteiger partial charge in [-0.15, -0.1) is 0 Å². The second-order valence-electron chi connectivity index (χ2n) is 6.46. The number of nitrogens with zero attached hydrogens (tertiary/aromatic N) is 2. The summed E-state index contributed by atoms with van der Waals surface area (Å²) in [6, 6.07) is 16.7. The topological polar surface area (TPSA) is 43.0 Å². The van der Waals surface area contributed by atoms with Crippen molar-refractivity contribution in [2.24, 2.45) is 0 Å². The number of aryl methyl sites for hydroxylation is 2. The molecule has 25 heavy (non-hydrogen) atoms. The molecule has 0 radical (unpaired) electrons. The van der Waals surface area contributed by atoms with Gasteiger partial charge < -0.3 is 9.73 Å². The molecule has 2 aromatic carbocycles. The highest BCUT2D eigenvalue weighted by Gasteiger charge is 2.30. The molecule has 4 aromatic rings. The Balaban J connectivity index is 1.85. The van der Waals surface area contributed by atoms with Gasteiger partial charge in [-0.25, -0.2) is 4.98 Å². The van der Waals surface area contributed by atoms with Crippen LogP contribution in [0.5, 0.6) is 0 Å². The lowest BCUT2D eigenvalue weighted by Gasteiger charge is -2.28. The Hall–Kier alpha value is -2.28. The molecule has 0 saturated carbocycles. The van der Waals surface area contributed by atoms with E-state index < -0.39 is 0 Å². The summed E-state index contributed by atoms with van der Waals surface area (Å²) < 4.78 is 9.07. The monoisotopic (exact) mass is 441 g/mol. The molecule has 3 heterocycles. The second-order valence-corrected chi connectivity index (χ2v) is 7.53. The first-order valence-corrected chi connectivity index (χ1v) is 9.30. The van der Waals surface area contributed by atoms with Gasteiger partial charge in [0.15, 0.2) is 9.93 Å². The Morgan fingerprint density at radius 2 is 1.88 bits per heavy atom. The largest absolute Gasteiger partial charge is 0.451 e. The highest BCUT2D eigenvalue weighted by atomic mass is 127. The average Bonchev–Trinajstić information content (AvgIpc) is 3.19. The fourth-order valence-electron chi connectivity index (χ4n) is 3.49. The summed E-state index contributed by atoms with van der Waals surface area (Å²) >= 11 is 2.20. The van der Waals surface area contributed by atoms with Crippen LogP contribution in [0, 0.1) is 17.6 Å². The third-order valence-corrected chi connectivity index (χ3v) is 5.47. The molecule has 0 saturated heterocycles. The van der Waals surface area contributed by atoms with Crippen LogP contribution in [-0.4, -0.2) is 9.55 Å². The van der Waals surface area contributed by atoms with Crippen molar-refractivity contribution < 1.29 is 4.42 Å². The maximum atomic E-state index is 5.94. The van der Waals surface area contributed by atoms with Crippen molar-refractivity contribution in [3.63, 3.8) is 0 Å². The van der Waals surface area contributed by atoms with Crippen molar-refractivity contribution in [2.45, 2.75) is 20.0 Å². The summed E-state index contributed by atoms with van der Waals surface area (Å²) in [6.07, 6.45) is -0.111. The average molecular weight is 441 g/mol. The third kappa shape index (κ3) is 2.22. The minimum absolute atomic E-state index is 0.111. The molecule has 4 nitrogen and oxygen atoms in total. The molecule has 0 amide bonds. The summed E-state index contributed by atoms with van der Waals surface area (Å²) in [7, 11) is 0. The van der Waals surface area contributed by atoms with E-state index in [1.807, 2.05) is 18.2 Å². The number of hydrogen-bond acceptors (Lipinski definition) is 3. The number of furan rings is 1. The molecule has 1 aliphatic rings. The van der Waals surface area contributed by atoms with Crippen LogP contribution in [0.25, 0.3) is 22.4 Å². The van der Waals surface area contributed by atoms with Crippen LogP contribution in [-0.2, 0) is 0 Å². The molecule has 5 rings (SSSR count). The molecule has 1 atom stereocenters. The minimum atomic E-state index is -0.111. The molecule has 2 aromatic heterocycles. The van der Waals surface area contributed by atoms with Gasteiger partial charge in [0.05, 0.1) is 11.0 Å². The first kappa shape index (κ1) is 15.0. The molecule has 0 bridgehead atoms. The van der Waals surface area contributed by atoms with Crippen LogP contribution in [0.2, 0.25) is 0 Å². The molecular formula is C20H16IN3O. The number of anilines is 1. The molecule has 1 unspecified atom stereocenters. The van der Waals surface area contributed by atoms with E-state index in [2.05, 4.69) is 76.7 Å². The number of rotatable bonds is 1. The van der Waals surface area contributed by atoms with Crippen molar-refractivity contribution in [3.8, 4) is 11.4 Å². The summed E-state index contributed by atoms with van der Waals surface area (Å²) in [5.41, 5.74) is 6.86. The maximum absolute atomic E-state index is 5.94. The predicted octanol–water partition coefficient (Wildman–Crippen LogP) is 5.49. The smallest absolute Gasteiger partial charge is 0.165 e. The van der Waals surface area contributed by atoms with Gasteiger partial charge in [0.2, 0.25) is 0 Å². The molecule has 5 heteroatoms. The first-order valence-electron chi connectivity index (χ1n) is 8.22. The number of benzene rings is 2. The van der Waals surface area contributed by atoms with Gasteiger partial charge in [0.25, 0.3) is 0 Å². The SMILES string of the molecule is Cc1cc2nc3n(c2cc1C)C(c1ccc(I)o1)Nc1ccccc1-3. The van der Waals surface area contributed by atoms with E-state index >= 15 is 0 Å². The number of aromatic nitrogens is 2. The lowest BCUT2D eigenvalue weighted by atomic mass is 10.1. The van der Waals surface area contributed by atoms with Crippen molar-refractivity contribution in [1.29, 1.82) is 0 Å². The standard InChI is InChI=1S/C20H16IN3O/c1-11-9-15-16(10-12(11)2)24-19(23-15)13-5-3-4-6-14(13)22-20(24)17-7-8-18(21)25-17/h3-10,20,22H,1-2H3. The Bertz CT molecular complexity index is 1130. The summed E-state index contributed by atoms with van der Waals surface area (Å²) in [6.45, 7) is 4.27. The van der Waals surface area contributed by atoms with Crippen molar-refractivity contribution >= 4 is 39.3 Å². The number of fused-ring (bicyclic) bond motifs is 5. The van der Waals surface area contributed by atoms with Crippen LogP contribution >= 0.6 is 22.6 Å². The Kier molecular flexibility index (Phi) is 3.22. The van der Waals surface area contributed by atoms with Crippen LogP contribution in [0.4, 0.5) is 5.69 Å². The van der Waals surface area contributed by atoms with E-state index in [1.165, 1.54) is 11.1 Å². The van der Waals surface area contributed by atoms with Crippen molar-refractivity contribution in [2.75, 3.05) is 5.32 Å². The molecular weight excluding hydrogens is 425 g/mol. The van der Waals surface area contributed by atoms with Gasteiger partial charge in [0.1, 0.15) is 11.6 Å². The van der Waals surface area contributed by atoms with Crippen LogP contribution in [0.15, 0.2) is 52.9 Å².